The van der Waals surface area contributed by atoms with Crippen LogP contribution in [0.4, 0.5) is 21.7 Å². The molecule has 1 atom stereocenters. The summed E-state index contributed by atoms with van der Waals surface area (Å²) in [7, 11) is 0. The summed E-state index contributed by atoms with van der Waals surface area (Å²) in [6.45, 7) is 6.83. The van der Waals surface area contributed by atoms with Gasteiger partial charge in [-0.25, -0.2) is 9.37 Å². The smallest absolute Gasteiger partial charge is 0.142 e. The molecule has 3 aromatic rings. The molecule has 4 nitrogen and oxygen atoms in total. The van der Waals surface area contributed by atoms with Gasteiger partial charge >= 0.3 is 0 Å². The van der Waals surface area contributed by atoms with E-state index in [1.807, 2.05) is 48.2 Å². The van der Waals surface area contributed by atoms with E-state index in [4.69, 9.17) is 4.98 Å². The maximum atomic E-state index is 13.8. The van der Waals surface area contributed by atoms with Crippen LogP contribution in [-0.4, -0.2) is 11.5 Å². The molecular weight excluding hydrogens is 375 g/mol. The number of hydrogen-bond acceptors (Lipinski definition) is 4. The lowest BCUT2D eigenvalue weighted by Gasteiger charge is -2.28. The van der Waals surface area contributed by atoms with E-state index in [0.717, 1.165) is 47.8 Å². The Bertz CT molecular complexity index is 1120. The second-order valence-electron chi connectivity index (χ2n) is 7.43. The molecule has 1 aromatic heterocycles. The molecule has 1 aliphatic rings. The fraction of sp³-hybridized carbons (Fsp3) is 0.200. The van der Waals surface area contributed by atoms with Crippen LogP contribution in [0.5, 0.6) is 0 Å². The molecule has 4 rings (SSSR count). The number of nitrogens with zero attached hydrogens (tertiary/aromatic N) is 4. The van der Waals surface area contributed by atoms with Gasteiger partial charge in [0, 0.05) is 18.4 Å². The molecular formula is C25H23FN4. The number of nitriles is 1. The van der Waals surface area contributed by atoms with Crippen molar-refractivity contribution in [3.63, 3.8) is 0 Å². The molecule has 30 heavy (non-hydrogen) atoms. The summed E-state index contributed by atoms with van der Waals surface area (Å²) in [5, 5.41) is 9.24. The average molecular weight is 398 g/mol. The number of rotatable bonds is 5. The van der Waals surface area contributed by atoms with Gasteiger partial charge in [0.15, 0.2) is 0 Å². The first-order valence-corrected chi connectivity index (χ1v) is 10.0. The molecule has 2 heterocycles. The van der Waals surface area contributed by atoms with E-state index in [1.165, 1.54) is 6.07 Å². The van der Waals surface area contributed by atoms with E-state index in [9.17, 15) is 9.65 Å². The summed E-state index contributed by atoms with van der Waals surface area (Å²) >= 11 is 0. The minimum Gasteiger partial charge on any atom is -0.350 e. The molecule has 2 aromatic carbocycles. The number of aromatic nitrogens is 1. The Kier molecular flexibility index (Phi) is 5.49. The van der Waals surface area contributed by atoms with Crippen LogP contribution in [0.2, 0.25) is 0 Å². The number of hydrogen-bond donors (Lipinski definition) is 0. The van der Waals surface area contributed by atoms with Gasteiger partial charge in [0.1, 0.15) is 17.5 Å². The Hall–Kier alpha value is -3.65. The van der Waals surface area contributed by atoms with Crippen LogP contribution in [0, 0.1) is 24.1 Å². The first kappa shape index (κ1) is 19.7. The van der Waals surface area contributed by atoms with Crippen molar-refractivity contribution >= 4 is 17.3 Å². The fourth-order valence-corrected chi connectivity index (χ4v) is 4.05. The third-order valence-corrected chi connectivity index (χ3v) is 5.50. The number of benzene rings is 2. The molecule has 1 unspecified atom stereocenters. The van der Waals surface area contributed by atoms with Crippen molar-refractivity contribution in [1.82, 2.24) is 4.98 Å². The Morgan fingerprint density at radius 3 is 2.80 bits per heavy atom. The average Bonchev–Trinajstić information content (AvgIpc) is 3.26. The van der Waals surface area contributed by atoms with Gasteiger partial charge in [-0.05, 0) is 67.3 Å². The molecule has 0 N–H and O–H groups in total. The van der Waals surface area contributed by atoms with Crippen LogP contribution in [0.1, 0.15) is 35.6 Å². The number of aryl methyl sites for hydroxylation is 1. The summed E-state index contributed by atoms with van der Waals surface area (Å²) in [4.78, 5) is 9.10. The molecule has 1 fully saturated rings. The highest BCUT2D eigenvalue weighted by atomic mass is 19.1. The van der Waals surface area contributed by atoms with E-state index in [0.29, 0.717) is 5.56 Å². The zero-order valence-electron chi connectivity index (χ0n) is 16.9. The second kappa shape index (κ2) is 8.38. The monoisotopic (exact) mass is 398 g/mol. The molecule has 1 aliphatic heterocycles. The molecule has 0 bridgehead atoms. The summed E-state index contributed by atoms with van der Waals surface area (Å²) in [5.74, 6) is 1.40. The first-order valence-electron chi connectivity index (χ1n) is 10.0. The largest absolute Gasteiger partial charge is 0.350 e. The van der Waals surface area contributed by atoms with E-state index in [2.05, 4.69) is 17.5 Å². The molecule has 5 heteroatoms. The molecule has 0 aliphatic carbocycles. The van der Waals surface area contributed by atoms with Gasteiger partial charge in [-0.2, -0.15) is 5.26 Å². The van der Waals surface area contributed by atoms with E-state index >= 15 is 0 Å². The van der Waals surface area contributed by atoms with Crippen LogP contribution < -0.4 is 9.80 Å². The molecule has 150 valence electrons. The highest BCUT2D eigenvalue weighted by Crippen LogP contribution is 2.37. The molecule has 1 saturated heterocycles. The Balaban J connectivity index is 1.72. The molecule has 0 radical (unpaired) electrons. The molecule has 0 saturated carbocycles. The standard InChI is InChI=1S/C25H23FN4/c1-3-29(22-10-4-7-19(15-22)17-27)25-18(2)12-13-24(28-25)30-14-6-11-23(30)20-8-5-9-21(26)16-20/h3-5,7-10,12-13,15-16,23H,1,6,11,14H2,2H3. The van der Waals surface area contributed by atoms with Crippen molar-refractivity contribution in [2.45, 2.75) is 25.8 Å². The van der Waals surface area contributed by atoms with Gasteiger partial charge in [0.25, 0.3) is 0 Å². The summed E-state index contributed by atoms with van der Waals surface area (Å²) in [6, 6.07) is 20.5. The molecule has 0 amide bonds. The van der Waals surface area contributed by atoms with Crippen molar-refractivity contribution in [2.24, 2.45) is 0 Å². The maximum Gasteiger partial charge on any atom is 0.142 e. The Morgan fingerprint density at radius 2 is 2.03 bits per heavy atom. The van der Waals surface area contributed by atoms with Crippen LogP contribution in [-0.2, 0) is 0 Å². The third kappa shape index (κ3) is 3.77. The number of anilines is 3. The summed E-state index contributed by atoms with van der Waals surface area (Å²) in [5.41, 5.74) is 3.39. The second-order valence-corrected chi connectivity index (χ2v) is 7.43. The van der Waals surface area contributed by atoms with Crippen LogP contribution >= 0.6 is 0 Å². The fourth-order valence-electron chi connectivity index (χ4n) is 4.05. The predicted molar refractivity (Wildman–Crippen MR) is 118 cm³/mol. The van der Waals surface area contributed by atoms with Gasteiger partial charge in [-0.15, -0.1) is 0 Å². The minimum atomic E-state index is -0.216. The topological polar surface area (TPSA) is 43.2 Å². The minimum absolute atomic E-state index is 0.0999. The van der Waals surface area contributed by atoms with Gasteiger partial charge < -0.3 is 9.80 Å². The quantitative estimate of drug-likeness (QED) is 0.527. The zero-order valence-corrected chi connectivity index (χ0v) is 16.9. The number of pyridine rings is 1. The molecule has 0 spiro atoms. The van der Waals surface area contributed by atoms with Crippen molar-refractivity contribution in [3.05, 3.63) is 96.0 Å². The normalized spacial score (nSPS) is 15.6. The Morgan fingerprint density at radius 1 is 1.20 bits per heavy atom. The third-order valence-electron chi connectivity index (χ3n) is 5.50. The van der Waals surface area contributed by atoms with Crippen molar-refractivity contribution in [1.29, 1.82) is 5.26 Å². The lowest BCUT2D eigenvalue weighted by molar-refractivity contribution is 0.618. The van der Waals surface area contributed by atoms with E-state index in [1.54, 1.807) is 24.4 Å². The zero-order chi connectivity index (χ0) is 21.1. The highest BCUT2D eigenvalue weighted by molar-refractivity contribution is 5.68. The maximum absolute atomic E-state index is 13.8. The lowest BCUT2D eigenvalue weighted by Crippen LogP contribution is -2.24. The highest BCUT2D eigenvalue weighted by Gasteiger charge is 2.28. The van der Waals surface area contributed by atoms with E-state index < -0.39 is 0 Å². The van der Waals surface area contributed by atoms with E-state index in [-0.39, 0.29) is 11.9 Å². The summed E-state index contributed by atoms with van der Waals surface area (Å²) < 4.78 is 13.8. The van der Waals surface area contributed by atoms with Gasteiger partial charge in [0.2, 0.25) is 0 Å². The van der Waals surface area contributed by atoms with Crippen LogP contribution in [0.15, 0.2) is 73.4 Å². The first-order chi connectivity index (χ1) is 14.6. The van der Waals surface area contributed by atoms with Crippen molar-refractivity contribution in [2.75, 3.05) is 16.3 Å². The van der Waals surface area contributed by atoms with Gasteiger partial charge in [-0.3, -0.25) is 0 Å². The van der Waals surface area contributed by atoms with Crippen LogP contribution in [0.3, 0.4) is 0 Å². The predicted octanol–water partition coefficient (Wildman–Crippen LogP) is 6.02. The van der Waals surface area contributed by atoms with Gasteiger partial charge in [-0.1, -0.05) is 30.8 Å². The van der Waals surface area contributed by atoms with Crippen molar-refractivity contribution in [3.8, 4) is 6.07 Å². The Labute approximate surface area is 176 Å². The number of halogens is 1. The van der Waals surface area contributed by atoms with Crippen molar-refractivity contribution < 1.29 is 4.39 Å². The van der Waals surface area contributed by atoms with Crippen LogP contribution in [0.25, 0.3) is 0 Å². The SMILES string of the molecule is C=CN(c1cccc(C#N)c1)c1nc(N2CCCC2c2cccc(F)c2)ccc1C. The lowest BCUT2D eigenvalue weighted by atomic mass is 10.0. The van der Waals surface area contributed by atoms with Gasteiger partial charge in [0.05, 0.1) is 17.7 Å². The summed E-state index contributed by atoms with van der Waals surface area (Å²) in [6.07, 6.45) is 3.70.